The molecule has 2 aliphatic carbocycles. The van der Waals surface area contributed by atoms with Gasteiger partial charge in [0, 0.05) is 6.04 Å². The summed E-state index contributed by atoms with van der Waals surface area (Å²) < 4.78 is 46.1. The Balaban J connectivity index is 1.85. The fourth-order valence-corrected chi connectivity index (χ4v) is 4.98. The van der Waals surface area contributed by atoms with Gasteiger partial charge in [0.05, 0.1) is 17.7 Å². The molecule has 0 amide bonds. The summed E-state index contributed by atoms with van der Waals surface area (Å²) in [5, 5.41) is 0. The second kappa shape index (κ2) is 5.14. The van der Waals surface area contributed by atoms with E-state index in [1.165, 1.54) is 19.6 Å². The van der Waals surface area contributed by atoms with Gasteiger partial charge < -0.3 is 10.5 Å². The third-order valence-corrected chi connectivity index (χ3v) is 6.07. The molecule has 1 aromatic rings. The molecule has 5 nitrogen and oxygen atoms in total. The first kappa shape index (κ1) is 14.6. The number of halogens is 1. The predicted molar refractivity (Wildman–Crippen MR) is 76.9 cm³/mol. The summed E-state index contributed by atoms with van der Waals surface area (Å²) in [6, 6.07) is 2.14. The highest BCUT2D eigenvalue weighted by molar-refractivity contribution is 7.89. The summed E-state index contributed by atoms with van der Waals surface area (Å²) in [5.74, 6) is 0.130. The molecule has 116 valence electrons. The van der Waals surface area contributed by atoms with Crippen LogP contribution in [0.4, 0.5) is 10.1 Å². The van der Waals surface area contributed by atoms with Gasteiger partial charge in [-0.3, -0.25) is 0 Å². The topological polar surface area (TPSA) is 81.4 Å². The maximum atomic E-state index is 13.8. The number of rotatable bonds is 4. The van der Waals surface area contributed by atoms with E-state index in [-0.39, 0.29) is 22.4 Å². The lowest BCUT2D eigenvalue weighted by Gasteiger charge is -2.23. The van der Waals surface area contributed by atoms with Crippen LogP contribution in [0.5, 0.6) is 5.75 Å². The molecule has 2 aliphatic rings. The van der Waals surface area contributed by atoms with Crippen LogP contribution in [-0.2, 0) is 10.0 Å². The quantitative estimate of drug-likeness (QED) is 0.832. The first-order chi connectivity index (χ1) is 9.90. The van der Waals surface area contributed by atoms with Crippen molar-refractivity contribution in [2.45, 2.75) is 36.6 Å². The fraction of sp³-hybridized carbons (Fsp3) is 0.571. The Bertz CT molecular complexity index is 639. The van der Waals surface area contributed by atoms with Gasteiger partial charge in [0.15, 0.2) is 11.6 Å². The summed E-state index contributed by atoms with van der Waals surface area (Å²) in [5.41, 5.74) is 5.62. The summed E-state index contributed by atoms with van der Waals surface area (Å²) in [6.07, 6.45) is 4.22. The van der Waals surface area contributed by atoms with Crippen LogP contribution in [0, 0.1) is 17.7 Å². The molecule has 3 unspecified atom stereocenters. The molecule has 7 heteroatoms. The van der Waals surface area contributed by atoms with E-state index in [0.29, 0.717) is 11.8 Å². The summed E-state index contributed by atoms with van der Waals surface area (Å²) in [4.78, 5) is -0.152. The van der Waals surface area contributed by atoms with Crippen LogP contribution in [-0.4, -0.2) is 21.6 Å². The highest BCUT2D eigenvalue weighted by Crippen LogP contribution is 2.45. The van der Waals surface area contributed by atoms with Crippen LogP contribution < -0.4 is 15.2 Å². The molecule has 0 saturated heterocycles. The third-order valence-electron chi connectivity index (χ3n) is 4.60. The number of nitrogen functional groups attached to an aromatic ring is 1. The lowest BCUT2D eigenvalue weighted by Crippen LogP contribution is -2.38. The largest absolute Gasteiger partial charge is 0.492 e. The number of hydrogen-bond donors (Lipinski definition) is 2. The molecule has 2 fully saturated rings. The van der Waals surface area contributed by atoms with Gasteiger partial charge in [0.25, 0.3) is 0 Å². The van der Waals surface area contributed by atoms with Crippen molar-refractivity contribution in [1.82, 2.24) is 4.72 Å². The lowest BCUT2D eigenvalue weighted by molar-refractivity contribution is 0.386. The molecular weight excluding hydrogens is 295 g/mol. The van der Waals surface area contributed by atoms with Crippen molar-refractivity contribution in [2.24, 2.45) is 11.8 Å². The van der Waals surface area contributed by atoms with Crippen molar-refractivity contribution in [3.8, 4) is 5.75 Å². The molecule has 0 spiro atoms. The first-order valence-electron chi connectivity index (χ1n) is 7.06. The normalized spacial score (nSPS) is 28.0. The van der Waals surface area contributed by atoms with Crippen LogP contribution >= 0.6 is 0 Å². The number of ether oxygens (including phenoxy) is 1. The monoisotopic (exact) mass is 314 g/mol. The average Bonchev–Trinajstić information content (AvgIpc) is 3.00. The Hall–Kier alpha value is -1.34. The number of anilines is 1. The molecule has 21 heavy (non-hydrogen) atoms. The van der Waals surface area contributed by atoms with Crippen LogP contribution in [0.2, 0.25) is 0 Å². The van der Waals surface area contributed by atoms with Crippen molar-refractivity contribution in [3.05, 3.63) is 17.9 Å². The zero-order chi connectivity index (χ0) is 15.2. The second-order valence-electron chi connectivity index (χ2n) is 5.93. The number of sulfonamides is 1. The minimum Gasteiger partial charge on any atom is -0.492 e. The first-order valence-corrected chi connectivity index (χ1v) is 8.54. The van der Waals surface area contributed by atoms with Gasteiger partial charge in [-0.25, -0.2) is 17.5 Å². The van der Waals surface area contributed by atoms with Crippen molar-refractivity contribution in [2.75, 3.05) is 12.8 Å². The van der Waals surface area contributed by atoms with E-state index in [1.807, 2.05) is 0 Å². The minimum atomic E-state index is -3.76. The number of benzene rings is 1. The van der Waals surface area contributed by atoms with E-state index in [1.54, 1.807) is 0 Å². The van der Waals surface area contributed by atoms with Gasteiger partial charge in [-0.15, -0.1) is 0 Å². The second-order valence-corrected chi connectivity index (χ2v) is 7.64. The standard InChI is InChI=1S/C14H19FN2O3S/c1-20-14-11(15)6-10(7-12(14)16)21(18,19)17-13-5-8-2-3-9(13)4-8/h6-9,13,17H,2-5,16H2,1H3. The summed E-state index contributed by atoms with van der Waals surface area (Å²) in [7, 11) is -2.47. The van der Waals surface area contributed by atoms with Crippen molar-refractivity contribution >= 4 is 15.7 Å². The Morgan fingerprint density at radius 3 is 2.62 bits per heavy atom. The average molecular weight is 314 g/mol. The Morgan fingerprint density at radius 2 is 2.10 bits per heavy atom. The molecule has 0 aliphatic heterocycles. The molecule has 0 heterocycles. The number of nitrogens with one attached hydrogen (secondary N) is 1. The fourth-order valence-electron chi connectivity index (χ4n) is 3.62. The summed E-state index contributed by atoms with van der Waals surface area (Å²) in [6.45, 7) is 0. The van der Waals surface area contributed by atoms with Crippen molar-refractivity contribution in [3.63, 3.8) is 0 Å². The molecule has 2 bridgehead atoms. The highest BCUT2D eigenvalue weighted by Gasteiger charge is 2.41. The van der Waals surface area contributed by atoms with Gasteiger partial charge >= 0.3 is 0 Å². The highest BCUT2D eigenvalue weighted by atomic mass is 32.2. The van der Waals surface area contributed by atoms with Crippen molar-refractivity contribution in [1.29, 1.82) is 0 Å². The van der Waals surface area contributed by atoms with E-state index >= 15 is 0 Å². The van der Waals surface area contributed by atoms with Gasteiger partial charge in [0.2, 0.25) is 10.0 Å². The number of nitrogens with two attached hydrogens (primary N) is 1. The third kappa shape index (κ3) is 2.60. The maximum absolute atomic E-state index is 13.8. The number of methoxy groups -OCH3 is 1. The molecule has 3 N–H and O–H groups in total. The van der Waals surface area contributed by atoms with E-state index < -0.39 is 15.8 Å². The molecule has 1 aromatic carbocycles. The molecule has 0 aromatic heterocycles. The van der Waals surface area contributed by atoms with E-state index in [0.717, 1.165) is 25.3 Å². The minimum absolute atomic E-state index is 0.0224. The molecular formula is C14H19FN2O3S. The molecule has 0 radical (unpaired) electrons. The zero-order valence-electron chi connectivity index (χ0n) is 11.8. The Morgan fingerprint density at radius 1 is 1.33 bits per heavy atom. The molecule has 2 saturated carbocycles. The van der Waals surface area contributed by atoms with Crippen LogP contribution in [0.25, 0.3) is 0 Å². The van der Waals surface area contributed by atoms with Crippen LogP contribution in [0.15, 0.2) is 17.0 Å². The smallest absolute Gasteiger partial charge is 0.241 e. The zero-order valence-corrected chi connectivity index (χ0v) is 12.6. The maximum Gasteiger partial charge on any atom is 0.241 e. The Kier molecular flexibility index (Phi) is 3.57. The molecule has 3 atom stereocenters. The van der Waals surface area contributed by atoms with Gasteiger partial charge in [-0.05, 0) is 43.2 Å². The van der Waals surface area contributed by atoms with Crippen LogP contribution in [0.1, 0.15) is 25.7 Å². The Labute approximate surface area is 123 Å². The van der Waals surface area contributed by atoms with E-state index in [4.69, 9.17) is 10.5 Å². The lowest BCUT2D eigenvalue weighted by atomic mass is 9.96. The van der Waals surface area contributed by atoms with Crippen molar-refractivity contribution < 1.29 is 17.5 Å². The molecule has 3 rings (SSSR count). The van der Waals surface area contributed by atoms with Gasteiger partial charge in [-0.2, -0.15) is 0 Å². The van der Waals surface area contributed by atoms with E-state index in [9.17, 15) is 12.8 Å². The van der Waals surface area contributed by atoms with Gasteiger partial charge in [0.1, 0.15) is 0 Å². The van der Waals surface area contributed by atoms with E-state index in [2.05, 4.69) is 4.72 Å². The summed E-state index contributed by atoms with van der Waals surface area (Å²) >= 11 is 0. The number of hydrogen-bond acceptors (Lipinski definition) is 4. The van der Waals surface area contributed by atoms with Gasteiger partial charge in [-0.1, -0.05) is 6.42 Å². The number of fused-ring (bicyclic) bond motifs is 2. The van der Waals surface area contributed by atoms with Crippen LogP contribution in [0.3, 0.4) is 0 Å². The predicted octanol–water partition coefficient (Wildman–Crippen LogP) is 1.88. The SMILES string of the molecule is COc1c(N)cc(S(=O)(=O)NC2CC3CCC2C3)cc1F.